The van der Waals surface area contributed by atoms with Gasteiger partial charge in [-0.15, -0.1) is 0 Å². The lowest BCUT2D eigenvalue weighted by molar-refractivity contribution is -0.0227. The fourth-order valence-corrected chi connectivity index (χ4v) is 3.71. The van der Waals surface area contributed by atoms with Gasteiger partial charge in [0.15, 0.2) is 0 Å². The number of carbonyl (C=O) groups excluding carboxylic acids is 1. The van der Waals surface area contributed by atoms with Crippen LogP contribution in [0.4, 0.5) is 0 Å². The van der Waals surface area contributed by atoms with E-state index in [2.05, 4.69) is 0 Å². The number of nitrogens with zero attached hydrogens (tertiary/aromatic N) is 2. The average molecular weight is 389 g/mol. The largest absolute Gasteiger partial charge is 0.370 e. The van der Waals surface area contributed by atoms with Crippen LogP contribution in [0.1, 0.15) is 22.0 Å². The second-order valence-corrected chi connectivity index (χ2v) is 7.26. The van der Waals surface area contributed by atoms with Crippen molar-refractivity contribution in [3.63, 3.8) is 0 Å². The summed E-state index contributed by atoms with van der Waals surface area (Å²) in [5.41, 5.74) is 2.69. The summed E-state index contributed by atoms with van der Waals surface area (Å²) in [6.45, 7) is 1.54. The highest BCUT2D eigenvalue weighted by molar-refractivity contribution is 6.42. The van der Waals surface area contributed by atoms with E-state index in [4.69, 9.17) is 27.9 Å². The fraction of sp³-hybridized carbons (Fsp3) is 0.250. The number of fused-ring (bicyclic) bond motifs is 1. The topological polar surface area (TPSA) is 34.5 Å². The maximum atomic E-state index is 13.1. The standard InChI is InChI=1S/C20H18Cl2N2O2/c1-23-8-7-14-15(3-2-4-18(14)23)20(25)24-9-10-26-19(12-24)13-5-6-16(21)17(22)11-13/h2-8,11,19H,9-10,12H2,1H3/t19-/m0/s1. The van der Waals surface area contributed by atoms with Crippen molar-refractivity contribution in [2.24, 2.45) is 7.05 Å². The molecule has 4 nitrogen and oxygen atoms in total. The lowest BCUT2D eigenvalue weighted by atomic mass is 10.1. The normalized spacial score (nSPS) is 17.7. The predicted molar refractivity (Wildman–Crippen MR) is 104 cm³/mol. The number of aryl methyl sites for hydroxylation is 1. The minimum atomic E-state index is -0.211. The molecule has 4 rings (SSSR count). The van der Waals surface area contributed by atoms with Gasteiger partial charge in [0, 0.05) is 36.3 Å². The van der Waals surface area contributed by atoms with Crippen LogP contribution < -0.4 is 0 Å². The zero-order chi connectivity index (χ0) is 18.3. The van der Waals surface area contributed by atoms with Crippen molar-refractivity contribution >= 4 is 40.0 Å². The molecule has 1 saturated heterocycles. The van der Waals surface area contributed by atoms with Gasteiger partial charge < -0.3 is 14.2 Å². The van der Waals surface area contributed by atoms with Gasteiger partial charge in [-0.1, -0.05) is 35.3 Å². The molecule has 0 saturated carbocycles. The summed E-state index contributed by atoms with van der Waals surface area (Å²) in [7, 11) is 1.98. The number of ether oxygens (including phenoxy) is 1. The van der Waals surface area contributed by atoms with E-state index < -0.39 is 0 Å². The molecule has 1 amide bonds. The van der Waals surface area contributed by atoms with Crippen molar-refractivity contribution in [1.29, 1.82) is 0 Å². The van der Waals surface area contributed by atoms with Gasteiger partial charge in [0.1, 0.15) is 6.10 Å². The van der Waals surface area contributed by atoms with Gasteiger partial charge in [0.2, 0.25) is 0 Å². The van der Waals surface area contributed by atoms with E-state index in [1.807, 2.05) is 53.0 Å². The van der Waals surface area contributed by atoms with Crippen LogP contribution in [0, 0.1) is 0 Å². The molecular formula is C20H18Cl2N2O2. The Morgan fingerprint density at radius 1 is 1.15 bits per heavy atom. The Labute approximate surface area is 161 Å². The van der Waals surface area contributed by atoms with Crippen LogP contribution in [0.15, 0.2) is 48.7 Å². The predicted octanol–water partition coefficient (Wildman–Crippen LogP) is 4.70. The number of amides is 1. The summed E-state index contributed by atoms with van der Waals surface area (Å²) in [5, 5.41) is 1.97. The first-order valence-corrected chi connectivity index (χ1v) is 9.20. The number of halogens is 2. The number of morpholine rings is 1. The molecule has 1 aliphatic heterocycles. The van der Waals surface area contributed by atoms with Crippen LogP contribution in [-0.2, 0) is 11.8 Å². The Bertz CT molecular complexity index is 983. The first-order valence-electron chi connectivity index (χ1n) is 8.44. The molecule has 0 bridgehead atoms. The highest BCUT2D eigenvalue weighted by atomic mass is 35.5. The van der Waals surface area contributed by atoms with Crippen molar-refractivity contribution in [2.45, 2.75) is 6.10 Å². The molecule has 0 unspecified atom stereocenters. The van der Waals surface area contributed by atoms with E-state index in [0.29, 0.717) is 29.7 Å². The Morgan fingerprint density at radius 2 is 2.00 bits per heavy atom. The highest BCUT2D eigenvalue weighted by Crippen LogP contribution is 2.30. The summed E-state index contributed by atoms with van der Waals surface area (Å²) < 4.78 is 7.88. The van der Waals surface area contributed by atoms with Crippen LogP contribution >= 0.6 is 23.2 Å². The SMILES string of the molecule is Cn1ccc2c(C(=O)N3CCO[C@H](c4ccc(Cl)c(Cl)c4)C3)cccc21. The van der Waals surface area contributed by atoms with Crippen LogP contribution in [0.3, 0.4) is 0 Å². The third-order valence-corrected chi connectivity index (χ3v) is 5.57. The van der Waals surface area contributed by atoms with Crippen molar-refractivity contribution < 1.29 is 9.53 Å². The zero-order valence-corrected chi connectivity index (χ0v) is 15.8. The van der Waals surface area contributed by atoms with Gasteiger partial charge in [-0.25, -0.2) is 0 Å². The van der Waals surface area contributed by atoms with Gasteiger partial charge >= 0.3 is 0 Å². The Kier molecular flexibility index (Phi) is 4.65. The first kappa shape index (κ1) is 17.4. The number of benzene rings is 2. The lowest BCUT2D eigenvalue weighted by Gasteiger charge is -2.33. The molecule has 1 aromatic heterocycles. The zero-order valence-electron chi connectivity index (χ0n) is 14.3. The molecule has 0 radical (unpaired) electrons. The van der Waals surface area contributed by atoms with Crippen LogP contribution in [0.2, 0.25) is 10.0 Å². The van der Waals surface area contributed by atoms with E-state index in [-0.39, 0.29) is 12.0 Å². The molecule has 3 aromatic rings. The second-order valence-electron chi connectivity index (χ2n) is 6.45. The summed E-state index contributed by atoms with van der Waals surface area (Å²) in [4.78, 5) is 15.0. The van der Waals surface area contributed by atoms with Crippen LogP contribution in [-0.4, -0.2) is 35.1 Å². The molecule has 1 fully saturated rings. The molecule has 2 aromatic carbocycles. The number of carbonyl (C=O) groups is 1. The smallest absolute Gasteiger partial charge is 0.254 e. The maximum Gasteiger partial charge on any atom is 0.254 e. The number of hydrogen-bond donors (Lipinski definition) is 0. The maximum absolute atomic E-state index is 13.1. The monoisotopic (exact) mass is 388 g/mol. The molecule has 1 atom stereocenters. The summed E-state index contributed by atoms with van der Waals surface area (Å²) in [6, 6.07) is 13.3. The van der Waals surface area contributed by atoms with E-state index in [0.717, 1.165) is 22.0 Å². The first-order chi connectivity index (χ1) is 12.5. The molecule has 26 heavy (non-hydrogen) atoms. The lowest BCUT2D eigenvalue weighted by Crippen LogP contribution is -2.42. The van der Waals surface area contributed by atoms with Crippen LogP contribution in [0.5, 0.6) is 0 Å². The molecule has 134 valence electrons. The third kappa shape index (κ3) is 3.09. The summed E-state index contributed by atoms with van der Waals surface area (Å²) >= 11 is 12.1. The number of hydrogen-bond acceptors (Lipinski definition) is 2. The van der Waals surface area contributed by atoms with Crippen molar-refractivity contribution in [1.82, 2.24) is 9.47 Å². The molecule has 0 N–H and O–H groups in total. The molecule has 2 heterocycles. The van der Waals surface area contributed by atoms with Gasteiger partial charge in [-0.05, 0) is 35.9 Å². The summed E-state index contributed by atoms with van der Waals surface area (Å²) in [6.07, 6.45) is 1.76. The Balaban J connectivity index is 1.61. The molecular weight excluding hydrogens is 371 g/mol. The van der Waals surface area contributed by atoms with Crippen LogP contribution in [0.25, 0.3) is 10.9 Å². The van der Waals surface area contributed by atoms with E-state index in [9.17, 15) is 4.79 Å². The highest BCUT2D eigenvalue weighted by Gasteiger charge is 2.27. The molecule has 0 aliphatic carbocycles. The minimum Gasteiger partial charge on any atom is -0.370 e. The van der Waals surface area contributed by atoms with E-state index >= 15 is 0 Å². The van der Waals surface area contributed by atoms with Gasteiger partial charge in [-0.3, -0.25) is 4.79 Å². The second kappa shape index (κ2) is 6.95. The average Bonchev–Trinajstić information content (AvgIpc) is 3.05. The fourth-order valence-electron chi connectivity index (χ4n) is 3.41. The number of aromatic nitrogens is 1. The van der Waals surface area contributed by atoms with Crippen molar-refractivity contribution in [3.05, 3.63) is 69.8 Å². The van der Waals surface area contributed by atoms with E-state index in [1.54, 1.807) is 12.1 Å². The third-order valence-electron chi connectivity index (χ3n) is 4.83. The van der Waals surface area contributed by atoms with E-state index in [1.165, 1.54) is 0 Å². The molecule has 1 aliphatic rings. The Hall–Kier alpha value is -2.01. The van der Waals surface area contributed by atoms with Gasteiger partial charge in [0.25, 0.3) is 5.91 Å². The molecule has 6 heteroatoms. The Morgan fingerprint density at radius 3 is 2.81 bits per heavy atom. The van der Waals surface area contributed by atoms with Crippen molar-refractivity contribution in [3.8, 4) is 0 Å². The van der Waals surface area contributed by atoms with Crippen molar-refractivity contribution in [2.75, 3.05) is 19.7 Å². The number of rotatable bonds is 2. The van der Waals surface area contributed by atoms with Gasteiger partial charge in [0.05, 0.1) is 23.2 Å². The minimum absolute atomic E-state index is 0.0233. The quantitative estimate of drug-likeness (QED) is 0.637. The molecule has 0 spiro atoms. The van der Waals surface area contributed by atoms with Gasteiger partial charge in [-0.2, -0.15) is 0 Å². The summed E-state index contributed by atoms with van der Waals surface area (Å²) in [5.74, 6) is 0.0233.